The zero-order chi connectivity index (χ0) is 95.5. The highest BCUT2D eigenvalue weighted by molar-refractivity contribution is 7.57. The molecule has 0 aliphatic rings. The molecule has 0 heterocycles. The summed E-state index contributed by atoms with van der Waals surface area (Å²) in [6.45, 7) is 64.7. The van der Waals surface area contributed by atoms with E-state index < -0.39 is 0 Å². The maximum Gasteiger partial charge on any atom is 0.188 e. The zero-order valence-corrected chi connectivity index (χ0v) is 89.1. The van der Waals surface area contributed by atoms with Gasteiger partial charge in [0.2, 0.25) is 0 Å². The molecular formula is C109H158N5O10P5. The van der Waals surface area contributed by atoms with Gasteiger partial charge in [-0.2, -0.15) is 0 Å². The van der Waals surface area contributed by atoms with Gasteiger partial charge in [0.05, 0.1) is 0 Å². The lowest BCUT2D eigenvalue weighted by Crippen LogP contribution is -2.36. The maximum atomic E-state index is 6.09. The minimum atomic E-state index is 0.00162. The van der Waals surface area contributed by atoms with Gasteiger partial charge >= 0.3 is 0 Å². The molecule has 704 valence electrons. The Hall–Kier alpha value is -7.05. The first kappa shape index (κ1) is 111. The topological polar surface area (TPSA) is 152 Å². The third-order valence-corrected chi connectivity index (χ3v) is 27.1. The van der Waals surface area contributed by atoms with Gasteiger partial charge in [-0.15, -0.1) is 0 Å². The lowest BCUT2D eigenvalue weighted by atomic mass is 9.85. The van der Waals surface area contributed by atoms with Crippen LogP contribution < -0.4 is 103 Å². The van der Waals surface area contributed by atoms with Crippen LogP contribution in [0.15, 0.2) is 194 Å². The van der Waals surface area contributed by atoms with Crippen molar-refractivity contribution in [3.8, 4) is 28.7 Å². The van der Waals surface area contributed by atoms with Gasteiger partial charge in [-0.3, -0.25) is 0 Å². The fourth-order valence-corrected chi connectivity index (χ4v) is 20.3. The molecule has 0 aliphatic carbocycles. The molecule has 10 aromatic rings. The number of ether oxygens (including phenoxy) is 10. The Morgan fingerprint density at radius 2 is 0.512 bits per heavy atom. The van der Waals surface area contributed by atoms with Crippen LogP contribution in [-0.4, -0.2) is 97.2 Å². The second kappa shape index (κ2) is 53.1. The van der Waals surface area contributed by atoms with Gasteiger partial charge in [-0.25, -0.2) is 0 Å². The lowest BCUT2D eigenvalue weighted by Gasteiger charge is -2.26. The molecule has 0 amide bonds. The van der Waals surface area contributed by atoms with E-state index in [1.807, 2.05) is 6.07 Å². The monoisotopic (exact) mass is 1850 g/mol. The van der Waals surface area contributed by atoms with Gasteiger partial charge in [0, 0.05) is 128 Å². The normalized spacial score (nSPS) is 12.3. The van der Waals surface area contributed by atoms with Gasteiger partial charge in [0.1, 0.15) is 28.7 Å². The summed E-state index contributed by atoms with van der Waals surface area (Å²) in [5, 5.41) is 30.9. The van der Waals surface area contributed by atoms with E-state index in [1.54, 1.807) is 35.5 Å². The Morgan fingerprint density at radius 3 is 0.853 bits per heavy atom. The minimum Gasteiger partial charge on any atom is -0.467 e. The molecule has 0 bridgehead atoms. The molecule has 5 N–H and O–H groups in total. The third-order valence-electron chi connectivity index (χ3n) is 20.0. The molecule has 20 heteroatoms. The van der Waals surface area contributed by atoms with E-state index in [9.17, 15) is 0 Å². The molecule has 0 aliphatic heterocycles. The maximum absolute atomic E-state index is 6.09. The first-order valence-corrected chi connectivity index (χ1v) is 49.8. The second-order valence-corrected chi connectivity index (χ2v) is 46.6. The Kier molecular flexibility index (Phi) is 45.6. The van der Waals surface area contributed by atoms with E-state index in [2.05, 4.69) is 402 Å². The highest BCUT2D eigenvalue weighted by Gasteiger charge is 2.26. The summed E-state index contributed by atoms with van der Waals surface area (Å²) in [6.07, 6.45) is 0. The molecule has 15 nitrogen and oxygen atoms in total. The molecule has 0 saturated heterocycles. The van der Waals surface area contributed by atoms with E-state index in [0.717, 1.165) is 78.2 Å². The number of benzene rings is 10. The number of nitrogens with one attached hydrogen (secondary N) is 5. The summed E-state index contributed by atoms with van der Waals surface area (Å²) in [5.74, 6) is 4.71. The summed E-state index contributed by atoms with van der Waals surface area (Å²) < 4.78 is 55.1. The lowest BCUT2D eigenvalue weighted by molar-refractivity contribution is 0.0505. The van der Waals surface area contributed by atoms with Crippen molar-refractivity contribution in [3.05, 3.63) is 266 Å². The second-order valence-electron chi connectivity index (χ2n) is 40.0. The summed E-state index contributed by atoms with van der Waals surface area (Å²) in [4.78, 5) is 0. The molecule has 10 aromatic carbocycles. The van der Waals surface area contributed by atoms with E-state index in [-0.39, 0.29) is 72.5 Å². The number of hydrogen-bond acceptors (Lipinski definition) is 15. The Bertz CT molecular complexity index is 4940. The van der Waals surface area contributed by atoms with Crippen LogP contribution in [-0.2, 0) is 67.2 Å². The van der Waals surface area contributed by atoms with Crippen LogP contribution >= 0.6 is 42.9 Å². The molecule has 10 rings (SSSR count). The average Bonchev–Trinajstić information content (AvgIpc) is 0.806. The van der Waals surface area contributed by atoms with Gasteiger partial charge in [0.15, 0.2) is 34.0 Å². The molecule has 0 fully saturated rings. The van der Waals surface area contributed by atoms with Gasteiger partial charge < -0.3 is 74.0 Å². The Labute approximate surface area is 787 Å². The number of hydrogen-bond donors (Lipinski definition) is 5. The number of methoxy groups -OCH3 is 5. The molecule has 0 aromatic heterocycles. The molecular weight excluding hydrogens is 1690 g/mol. The molecule has 5 atom stereocenters. The quantitative estimate of drug-likeness (QED) is 0.0189. The van der Waals surface area contributed by atoms with Crippen LogP contribution in [0, 0.1) is 41.5 Å². The number of rotatable bonds is 35. The van der Waals surface area contributed by atoms with Crippen LogP contribution in [0.4, 0.5) is 0 Å². The smallest absolute Gasteiger partial charge is 0.188 e. The van der Waals surface area contributed by atoms with E-state index >= 15 is 0 Å². The van der Waals surface area contributed by atoms with Crippen molar-refractivity contribution in [2.24, 2.45) is 0 Å². The predicted octanol–water partition coefficient (Wildman–Crippen LogP) is 20.4. The first-order chi connectivity index (χ1) is 60.6. The predicted molar refractivity (Wildman–Crippen MR) is 564 cm³/mol. The molecule has 0 saturated carbocycles. The fourth-order valence-electron chi connectivity index (χ4n) is 13.2. The summed E-state index contributed by atoms with van der Waals surface area (Å²) >= 11 is 0. The first-order valence-electron chi connectivity index (χ1n) is 44.8. The molecule has 0 spiro atoms. The average molecular weight is 1850 g/mol. The van der Waals surface area contributed by atoms with Crippen LogP contribution in [0.1, 0.15) is 218 Å². The Balaban J connectivity index is 0.000000249. The van der Waals surface area contributed by atoms with E-state index in [1.165, 1.54) is 109 Å². The van der Waals surface area contributed by atoms with E-state index in [0.29, 0.717) is 42.9 Å². The fraction of sp³-hybridized carbons (Fsp3) is 0.450. The van der Waals surface area contributed by atoms with Crippen molar-refractivity contribution in [1.29, 1.82) is 0 Å². The summed E-state index contributed by atoms with van der Waals surface area (Å²) in [6, 6.07) is 69.3. The van der Waals surface area contributed by atoms with Gasteiger partial charge in [-0.1, -0.05) is 254 Å². The summed E-state index contributed by atoms with van der Waals surface area (Å²) in [7, 11) is 11.0. The van der Waals surface area contributed by atoms with Crippen molar-refractivity contribution in [1.82, 2.24) is 26.6 Å². The molecule has 5 unspecified atom stereocenters. The van der Waals surface area contributed by atoms with Crippen LogP contribution in [0.3, 0.4) is 0 Å². The van der Waals surface area contributed by atoms with Crippen molar-refractivity contribution < 1.29 is 47.4 Å². The largest absolute Gasteiger partial charge is 0.467 e. The molecule has 129 heavy (non-hydrogen) atoms. The van der Waals surface area contributed by atoms with Crippen molar-refractivity contribution in [3.63, 3.8) is 0 Å². The van der Waals surface area contributed by atoms with Crippen molar-refractivity contribution in [2.75, 3.05) is 69.5 Å². The van der Waals surface area contributed by atoms with Crippen molar-refractivity contribution >= 4 is 95.9 Å². The number of para-hydroxylation sites is 1. The minimum absolute atomic E-state index is 0.00162. The van der Waals surface area contributed by atoms with Gasteiger partial charge in [0.25, 0.3) is 0 Å². The highest BCUT2D eigenvalue weighted by Crippen LogP contribution is 2.37. The van der Waals surface area contributed by atoms with Crippen LogP contribution in [0.25, 0.3) is 0 Å². The zero-order valence-electron chi connectivity index (χ0n) is 84.1. The third kappa shape index (κ3) is 40.7. The molecule has 0 radical (unpaired) electrons. The van der Waals surface area contributed by atoms with Crippen LogP contribution in [0.5, 0.6) is 28.7 Å². The summed E-state index contributed by atoms with van der Waals surface area (Å²) in [5.41, 5.74) is 17.1. The number of aryl methyl sites for hydroxylation is 6. The SMILES string of the molecule is COCOc1c(C)cc(C(C)(C)C)cc1Pc1ccccc1CNC(C)(C)C.COCOc1c(C)cc(C)cc1Pc1ccccc1CNC(C)(C)C.COCOc1c(C)cccc1Pc1ccccc1CNC(C)(C)C.COCOc1c(Pc2ccccc2CNC(C)(C)C)cc(C)cc1C(C)(C)C.COCOc1ccc(C)cc1Pc1ccccc1CNC(C)(C)C. The standard InChI is InChI=1S/2C24H36NO2P.C21H30NO2P.2C20H28NO2P/c1-17-13-19(23(2,3)4)14-21(22(17)27-16-26-8)28-20-12-10-9-11-18(20)15-25-24(5,6)7;1-17-13-19(23(2,3)4)22(27-16-26-8)21(14-17)28-20-12-10-9-11-18(20)15-25-24(5,6)7;1-15-11-16(2)20(24-14-23-6)19(12-15)25-18-10-8-7-9-17(18)13-22-21(3,4)5;1-15-9-8-12-18(19(15)23-14-22-5)24-17-11-7-6-10-16(17)13-21-20(2,3)4;1-15-10-11-17(23-14-22-5)19(12-15)24-18-9-7-6-8-16(18)13-21-20(2,3)4/h2*9-14,25,28H,15-16H2,1-8H3;7-12,22,25H,13-14H2,1-6H3;2*6-12,21,24H,13-14H2,1-5H3. The van der Waals surface area contributed by atoms with E-state index in [4.69, 9.17) is 47.4 Å². The van der Waals surface area contributed by atoms with Crippen molar-refractivity contribution in [2.45, 2.75) is 258 Å². The highest BCUT2D eigenvalue weighted by atomic mass is 31.1. The van der Waals surface area contributed by atoms with Crippen LogP contribution in [0.2, 0.25) is 0 Å². The van der Waals surface area contributed by atoms with Gasteiger partial charge in [-0.05, 0) is 274 Å². The Morgan fingerprint density at radius 1 is 0.233 bits per heavy atom.